The van der Waals surface area contributed by atoms with Crippen LogP contribution in [0.4, 0.5) is 4.79 Å². The van der Waals surface area contributed by atoms with E-state index in [0.29, 0.717) is 5.82 Å². The molecule has 2 amide bonds. The summed E-state index contributed by atoms with van der Waals surface area (Å²) in [5, 5.41) is 19.3. The molecule has 0 spiro atoms. The molecule has 0 aliphatic heterocycles. The molecule has 4 rings (SSSR count). The van der Waals surface area contributed by atoms with Crippen molar-refractivity contribution in [2.24, 2.45) is 0 Å². The Hall–Kier alpha value is -4.14. The second-order valence-electron chi connectivity index (χ2n) is 6.66. The number of aromatic amines is 1. The number of rotatable bonds is 7. The minimum Gasteiger partial charge on any atom is -0.480 e. The van der Waals surface area contributed by atoms with E-state index >= 15 is 0 Å². The standard InChI is InChI=1S/C21H19N5O4/c27-20(28)17(10-14-11-22-16-9-5-4-8-15(14)16)24-21(29)23-12-18-25-19(26-30-18)13-6-2-1-3-7-13/h1-9,11,17,22H,10,12H2,(H,27,28)(H2,23,24,29). The van der Waals surface area contributed by atoms with Crippen LogP contribution in [0.5, 0.6) is 0 Å². The van der Waals surface area contributed by atoms with Gasteiger partial charge in [-0.05, 0) is 11.6 Å². The number of carboxylic acid groups (broad SMARTS) is 1. The first-order chi connectivity index (χ1) is 14.6. The molecule has 1 atom stereocenters. The Morgan fingerprint density at radius 1 is 1.10 bits per heavy atom. The van der Waals surface area contributed by atoms with Crippen molar-refractivity contribution < 1.29 is 19.2 Å². The second-order valence-corrected chi connectivity index (χ2v) is 6.66. The molecule has 152 valence electrons. The molecular weight excluding hydrogens is 386 g/mol. The Morgan fingerprint density at radius 3 is 2.67 bits per heavy atom. The highest BCUT2D eigenvalue weighted by molar-refractivity contribution is 5.86. The van der Waals surface area contributed by atoms with Crippen LogP contribution in [0, 0.1) is 0 Å². The third-order valence-corrected chi connectivity index (χ3v) is 4.60. The largest absolute Gasteiger partial charge is 0.480 e. The van der Waals surface area contributed by atoms with Gasteiger partial charge in [0.25, 0.3) is 0 Å². The molecule has 2 heterocycles. The quantitative estimate of drug-likeness (QED) is 0.374. The fraction of sp³-hybridized carbons (Fsp3) is 0.143. The number of para-hydroxylation sites is 1. The van der Waals surface area contributed by atoms with Gasteiger partial charge in [-0.25, -0.2) is 9.59 Å². The number of hydrogen-bond donors (Lipinski definition) is 4. The van der Waals surface area contributed by atoms with E-state index in [9.17, 15) is 14.7 Å². The number of aliphatic carboxylic acids is 1. The lowest BCUT2D eigenvalue weighted by atomic mass is 10.1. The lowest BCUT2D eigenvalue weighted by Crippen LogP contribution is -2.46. The van der Waals surface area contributed by atoms with Gasteiger partial charge in [0.05, 0.1) is 6.54 Å². The molecule has 4 N–H and O–H groups in total. The number of fused-ring (bicyclic) bond motifs is 1. The highest BCUT2D eigenvalue weighted by Gasteiger charge is 2.22. The number of carbonyl (C=O) groups is 2. The normalized spacial score (nSPS) is 11.9. The van der Waals surface area contributed by atoms with E-state index < -0.39 is 18.0 Å². The average Bonchev–Trinajstić information content (AvgIpc) is 3.40. The summed E-state index contributed by atoms with van der Waals surface area (Å²) in [5.41, 5.74) is 2.51. The van der Waals surface area contributed by atoms with Gasteiger partial charge in [-0.1, -0.05) is 53.7 Å². The lowest BCUT2D eigenvalue weighted by molar-refractivity contribution is -0.139. The van der Waals surface area contributed by atoms with Crippen molar-refractivity contribution in [3.05, 3.63) is 72.2 Å². The number of hydrogen-bond acceptors (Lipinski definition) is 5. The smallest absolute Gasteiger partial charge is 0.326 e. The first-order valence-corrected chi connectivity index (χ1v) is 9.30. The summed E-state index contributed by atoms with van der Waals surface area (Å²) in [6.45, 7) is -0.0227. The molecule has 0 bridgehead atoms. The number of H-pyrrole nitrogens is 1. The van der Waals surface area contributed by atoms with Gasteiger partial charge in [0.1, 0.15) is 6.04 Å². The summed E-state index contributed by atoms with van der Waals surface area (Å²) in [6.07, 6.45) is 1.90. The monoisotopic (exact) mass is 405 g/mol. The van der Waals surface area contributed by atoms with E-state index in [0.717, 1.165) is 22.0 Å². The van der Waals surface area contributed by atoms with Gasteiger partial charge in [0.2, 0.25) is 11.7 Å². The zero-order valence-electron chi connectivity index (χ0n) is 15.8. The van der Waals surface area contributed by atoms with Crippen molar-refractivity contribution in [2.45, 2.75) is 19.0 Å². The molecule has 0 aliphatic carbocycles. The number of amides is 2. The van der Waals surface area contributed by atoms with Crippen LogP contribution in [0.1, 0.15) is 11.5 Å². The SMILES string of the molecule is O=C(NCc1nc(-c2ccccc2)no1)NC(Cc1c[nH]c2ccccc12)C(=O)O. The Labute approximate surface area is 171 Å². The van der Waals surface area contributed by atoms with Gasteiger partial charge in [0.15, 0.2) is 0 Å². The summed E-state index contributed by atoms with van der Waals surface area (Å²) >= 11 is 0. The molecule has 9 nitrogen and oxygen atoms in total. The molecule has 9 heteroatoms. The molecule has 0 radical (unpaired) electrons. The molecular formula is C21H19N5O4. The van der Waals surface area contributed by atoms with Crippen LogP contribution >= 0.6 is 0 Å². The minimum atomic E-state index is -1.13. The van der Waals surface area contributed by atoms with Crippen molar-refractivity contribution >= 4 is 22.9 Å². The van der Waals surface area contributed by atoms with Crippen molar-refractivity contribution in [1.29, 1.82) is 0 Å². The van der Waals surface area contributed by atoms with Crippen LogP contribution < -0.4 is 10.6 Å². The van der Waals surface area contributed by atoms with E-state index in [1.807, 2.05) is 54.6 Å². The Balaban J connectivity index is 1.36. The predicted octanol–water partition coefficient (Wildman–Crippen LogP) is 2.71. The van der Waals surface area contributed by atoms with E-state index in [4.69, 9.17) is 4.52 Å². The average molecular weight is 405 g/mol. The molecule has 4 aromatic rings. The fourth-order valence-corrected chi connectivity index (χ4v) is 3.12. The summed E-state index contributed by atoms with van der Waals surface area (Å²) in [5.74, 6) is -0.498. The highest BCUT2D eigenvalue weighted by Crippen LogP contribution is 2.19. The Kier molecular flexibility index (Phi) is 5.42. The molecule has 0 saturated heterocycles. The minimum absolute atomic E-state index is 0.0227. The van der Waals surface area contributed by atoms with Gasteiger partial charge in [-0.2, -0.15) is 4.98 Å². The number of carbonyl (C=O) groups excluding carboxylic acids is 1. The lowest BCUT2D eigenvalue weighted by Gasteiger charge is -2.14. The first kappa shape index (κ1) is 19.2. The molecule has 2 aromatic carbocycles. The zero-order valence-corrected chi connectivity index (χ0v) is 15.8. The summed E-state index contributed by atoms with van der Waals surface area (Å²) in [6, 6.07) is 15.1. The number of nitrogens with one attached hydrogen (secondary N) is 3. The maximum absolute atomic E-state index is 12.2. The number of aromatic nitrogens is 3. The maximum atomic E-state index is 12.2. The van der Waals surface area contributed by atoms with E-state index in [-0.39, 0.29) is 18.9 Å². The van der Waals surface area contributed by atoms with Crippen LogP contribution in [-0.4, -0.2) is 38.3 Å². The van der Waals surface area contributed by atoms with Crippen LogP contribution in [0.2, 0.25) is 0 Å². The van der Waals surface area contributed by atoms with Crippen molar-refractivity contribution in [3.8, 4) is 11.4 Å². The van der Waals surface area contributed by atoms with E-state index in [1.54, 1.807) is 6.20 Å². The van der Waals surface area contributed by atoms with Gasteiger partial charge in [-0.15, -0.1) is 0 Å². The summed E-state index contributed by atoms with van der Waals surface area (Å²) < 4.78 is 5.13. The second kappa shape index (κ2) is 8.48. The fourth-order valence-electron chi connectivity index (χ4n) is 3.12. The van der Waals surface area contributed by atoms with Crippen molar-refractivity contribution in [1.82, 2.24) is 25.8 Å². The third-order valence-electron chi connectivity index (χ3n) is 4.60. The third kappa shape index (κ3) is 4.30. The van der Waals surface area contributed by atoms with Gasteiger partial charge < -0.3 is 25.2 Å². The van der Waals surface area contributed by atoms with E-state index in [2.05, 4.69) is 25.8 Å². The molecule has 0 fully saturated rings. The van der Waals surface area contributed by atoms with Crippen LogP contribution in [0.25, 0.3) is 22.3 Å². The van der Waals surface area contributed by atoms with Gasteiger partial charge in [0, 0.05) is 29.1 Å². The van der Waals surface area contributed by atoms with Crippen LogP contribution in [0.15, 0.2) is 65.3 Å². The molecule has 2 aromatic heterocycles. The van der Waals surface area contributed by atoms with Gasteiger partial charge in [-0.3, -0.25) is 0 Å². The number of nitrogens with zero attached hydrogens (tertiary/aromatic N) is 2. The number of urea groups is 1. The summed E-state index contributed by atoms with van der Waals surface area (Å²) in [4.78, 5) is 31.2. The topological polar surface area (TPSA) is 133 Å². The first-order valence-electron chi connectivity index (χ1n) is 9.30. The number of benzene rings is 2. The Morgan fingerprint density at radius 2 is 1.87 bits per heavy atom. The molecule has 30 heavy (non-hydrogen) atoms. The number of carboxylic acids is 1. The highest BCUT2D eigenvalue weighted by atomic mass is 16.5. The molecule has 1 unspecified atom stereocenters. The van der Waals surface area contributed by atoms with E-state index in [1.165, 1.54) is 0 Å². The molecule has 0 saturated carbocycles. The predicted molar refractivity (Wildman–Crippen MR) is 109 cm³/mol. The van der Waals surface area contributed by atoms with Crippen molar-refractivity contribution in [3.63, 3.8) is 0 Å². The van der Waals surface area contributed by atoms with Crippen LogP contribution in [-0.2, 0) is 17.8 Å². The zero-order chi connectivity index (χ0) is 20.9. The molecule has 0 aliphatic rings. The summed E-state index contributed by atoms with van der Waals surface area (Å²) in [7, 11) is 0. The van der Waals surface area contributed by atoms with Crippen LogP contribution in [0.3, 0.4) is 0 Å². The van der Waals surface area contributed by atoms with Crippen molar-refractivity contribution in [2.75, 3.05) is 0 Å². The Bertz CT molecular complexity index is 1170. The maximum Gasteiger partial charge on any atom is 0.326 e. The van der Waals surface area contributed by atoms with Gasteiger partial charge >= 0.3 is 12.0 Å².